The van der Waals surface area contributed by atoms with Gasteiger partial charge in [-0.25, -0.2) is 4.68 Å². The highest BCUT2D eigenvalue weighted by Gasteiger charge is 2.19. The number of aliphatic hydroxyl groups excluding tert-OH is 1. The molecule has 1 heterocycles. The number of hydrogen-bond donors (Lipinski definition) is 2. The summed E-state index contributed by atoms with van der Waals surface area (Å²) in [6, 6.07) is 6.78. The maximum atomic E-state index is 12.5. The summed E-state index contributed by atoms with van der Waals surface area (Å²) in [7, 11) is 0. The van der Waals surface area contributed by atoms with Crippen LogP contribution in [0.15, 0.2) is 29.1 Å². The van der Waals surface area contributed by atoms with E-state index >= 15 is 0 Å². The first-order chi connectivity index (χ1) is 10.8. The van der Waals surface area contributed by atoms with E-state index in [1.807, 2.05) is 27.7 Å². The van der Waals surface area contributed by atoms with Crippen LogP contribution in [-0.2, 0) is 0 Å². The number of hydrogen-bond acceptors (Lipinski definition) is 4. The number of aromatic nitrogens is 2. The summed E-state index contributed by atoms with van der Waals surface area (Å²) in [5, 5.41) is 17.7. The minimum absolute atomic E-state index is 0.0459. The SMILES string of the molecule is CC(C)C(O)CNC(=O)c1nn(C(C)C)c(=O)c2ccccc12. The maximum absolute atomic E-state index is 12.5. The highest BCUT2D eigenvalue weighted by Crippen LogP contribution is 2.14. The van der Waals surface area contributed by atoms with Crippen LogP contribution >= 0.6 is 0 Å². The summed E-state index contributed by atoms with van der Waals surface area (Å²) in [6.45, 7) is 7.58. The predicted molar refractivity (Wildman–Crippen MR) is 89.6 cm³/mol. The fourth-order valence-corrected chi connectivity index (χ4v) is 2.24. The Morgan fingerprint density at radius 2 is 1.83 bits per heavy atom. The van der Waals surface area contributed by atoms with Gasteiger partial charge in [-0.05, 0) is 25.8 Å². The Balaban J connectivity index is 2.45. The average molecular weight is 317 g/mol. The molecule has 0 radical (unpaired) electrons. The van der Waals surface area contributed by atoms with E-state index in [0.717, 1.165) is 0 Å². The second-order valence-electron chi connectivity index (χ2n) is 6.26. The van der Waals surface area contributed by atoms with Crippen molar-refractivity contribution in [3.63, 3.8) is 0 Å². The first-order valence-corrected chi connectivity index (χ1v) is 7.80. The number of amides is 1. The maximum Gasteiger partial charge on any atom is 0.274 e. The number of carbonyl (C=O) groups is 1. The molecule has 2 N–H and O–H groups in total. The van der Waals surface area contributed by atoms with Gasteiger partial charge in [0, 0.05) is 11.9 Å². The van der Waals surface area contributed by atoms with Crippen LogP contribution < -0.4 is 10.9 Å². The molecule has 124 valence electrons. The molecule has 2 rings (SSSR count). The molecule has 0 aliphatic heterocycles. The Hall–Kier alpha value is -2.21. The molecule has 1 amide bonds. The molecule has 0 aliphatic carbocycles. The van der Waals surface area contributed by atoms with E-state index in [9.17, 15) is 14.7 Å². The predicted octanol–water partition coefficient (Wildman–Crippen LogP) is 1.72. The topological polar surface area (TPSA) is 84.2 Å². The molecule has 0 fully saturated rings. The third-order valence-electron chi connectivity index (χ3n) is 3.77. The van der Waals surface area contributed by atoms with Gasteiger partial charge in [0.2, 0.25) is 0 Å². The lowest BCUT2D eigenvalue weighted by molar-refractivity contribution is 0.0866. The minimum atomic E-state index is -0.624. The molecule has 0 saturated heterocycles. The molecule has 0 aliphatic rings. The van der Waals surface area contributed by atoms with Gasteiger partial charge in [0.25, 0.3) is 11.5 Å². The smallest absolute Gasteiger partial charge is 0.274 e. The van der Waals surface area contributed by atoms with Gasteiger partial charge in [0.05, 0.1) is 17.5 Å². The summed E-state index contributed by atoms with van der Waals surface area (Å²) in [6.07, 6.45) is -0.624. The van der Waals surface area contributed by atoms with E-state index < -0.39 is 12.0 Å². The quantitative estimate of drug-likeness (QED) is 0.879. The third-order valence-corrected chi connectivity index (χ3v) is 3.77. The molecule has 0 saturated carbocycles. The van der Waals surface area contributed by atoms with Crippen LogP contribution in [0, 0.1) is 5.92 Å². The Morgan fingerprint density at radius 1 is 1.22 bits per heavy atom. The number of aliphatic hydroxyl groups is 1. The number of nitrogens with zero attached hydrogens (tertiary/aromatic N) is 2. The molecular weight excluding hydrogens is 294 g/mol. The van der Waals surface area contributed by atoms with E-state index in [4.69, 9.17) is 0 Å². The first kappa shape index (κ1) is 17.1. The second-order valence-corrected chi connectivity index (χ2v) is 6.26. The summed E-state index contributed by atoms with van der Waals surface area (Å²) in [5.74, 6) is -0.347. The van der Waals surface area contributed by atoms with Crippen LogP contribution in [-0.4, -0.2) is 33.4 Å². The molecule has 1 unspecified atom stereocenters. The Bertz CT molecular complexity index is 765. The Labute approximate surface area is 135 Å². The number of rotatable bonds is 5. The van der Waals surface area contributed by atoms with Gasteiger partial charge in [-0.1, -0.05) is 32.0 Å². The van der Waals surface area contributed by atoms with E-state index in [1.165, 1.54) is 4.68 Å². The van der Waals surface area contributed by atoms with Crippen LogP contribution in [0.4, 0.5) is 0 Å². The van der Waals surface area contributed by atoms with Gasteiger partial charge in [0.15, 0.2) is 5.69 Å². The van der Waals surface area contributed by atoms with Crippen molar-refractivity contribution in [1.82, 2.24) is 15.1 Å². The lowest BCUT2D eigenvalue weighted by Gasteiger charge is -2.16. The average Bonchev–Trinajstić information content (AvgIpc) is 2.52. The van der Waals surface area contributed by atoms with Crippen LogP contribution in [0.1, 0.15) is 44.2 Å². The molecule has 6 heteroatoms. The van der Waals surface area contributed by atoms with Crippen molar-refractivity contribution in [2.24, 2.45) is 5.92 Å². The standard InChI is InChI=1S/C17H23N3O3/c1-10(2)14(21)9-18-16(22)15-12-7-5-6-8-13(12)17(23)20(19-15)11(3)4/h5-8,10-11,14,21H,9H2,1-4H3,(H,18,22). The fourth-order valence-electron chi connectivity index (χ4n) is 2.24. The number of benzene rings is 1. The molecule has 23 heavy (non-hydrogen) atoms. The van der Waals surface area contributed by atoms with Crippen LogP contribution in [0.25, 0.3) is 10.8 Å². The van der Waals surface area contributed by atoms with Crippen LogP contribution in [0.2, 0.25) is 0 Å². The first-order valence-electron chi connectivity index (χ1n) is 7.80. The summed E-state index contributed by atoms with van der Waals surface area (Å²) < 4.78 is 1.32. The third kappa shape index (κ3) is 3.59. The molecule has 6 nitrogen and oxygen atoms in total. The van der Waals surface area contributed by atoms with Crippen molar-refractivity contribution in [3.05, 3.63) is 40.3 Å². The van der Waals surface area contributed by atoms with E-state index in [-0.39, 0.29) is 29.8 Å². The Morgan fingerprint density at radius 3 is 2.39 bits per heavy atom. The number of nitrogens with one attached hydrogen (secondary N) is 1. The van der Waals surface area contributed by atoms with Crippen molar-refractivity contribution < 1.29 is 9.90 Å². The van der Waals surface area contributed by atoms with Crippen molar-refractivity contribution >= 4 is 16.7 Å². The largest absolute Gasteiger partial charge is 0.391 e. The van der Waals surface area contributed by atoms with Crippen LogP contribution in [0.5, 0.6) is 0 Å². The highest BCUT2D eigenvalue weighted by molar-refractivity contribution is 6.04. The van der Waals surface area contributed by atoms with Crippen molar-refractivity contribution in [2.45, 2.75) is 39.8 Å². The molecule has 2 aromatic rings. The summed E-state index contributed by atoms with van der Waals surface area (Å²) in [4.78, 5) is 24.9. The fraction of sp³-hybridized carbons (Fsp3) is 0.471. The monoisotopic (exact) mass is 317 g/mol. The van der Waals surface area contributed by atoms with E-state index in [0.29, 0.717) is 10.8 Å². The van der Waals surface area contributed by atoms with Crippen molar-refractivity contribution in [1.29, 1.82) is 0 Å². The lowest BCUT2D eigenvalue weighted by Crippen LogP contribution is -2.37. The van der Waals surface area contributed by atoms with Crippen molar-refractivity contribution in [2.75, 3.05) is 6.54 Å². The van der Waals surface area contributed by atoms with Gasteiger partial charge in [-0.15, -0.1) is 0 Å². The van der Waals surface area contributed by atoms with Gasteiger partial charge >= 0.3 is 0 Å². The summed E-state index contributed by atoms with van der Waals surface area (Å²) >= 11 is 0. The number of fused-ring (bicyclic) bond motifs is 1. The van der Waals surface area contributed by atoms with Gasteiger partial charge in [0.1, 0.15) is 0 Å². The molecule has 0 bridgehead atoms. The molecule has 1 atom stereocenters. The number of carbonyl (C=O) groups excluding carboxylic acids is 1. The highest BCUT2D eigenvalue weighted by atomic mass is 16.3. The minimum Gasteiger partial charge on any atom is -0.391 e. The van der Waals surface area contributed by atoms with E-state index in [2.05, 4.69) is 10.4 Å². The lowest BCUT2D eigenvalue weighted by atomic mass is 10.1. The van der Waals surface area contributed by atoms with Gasteiger partial charge in [-0.2, -0.15) is 5.10 Å². The normalized spacial score (nSPS) is 12.8. The van der Waals surface area contributed by atoms with Gasteiger partial charge in [-0.3, -0.25) is 9.59 Å². The zero-order chi connectivity index (χ0) is 17.1. The zero-order valence-electron chi connectivity index (χ0n) is 13.9. The zero-order valence-corrected chi connectivity index (χ0v) is 13.9. The Kier molecular flexibility index (Phi) is 5.15. The molecule has 1 aromatic heterocycles. The molecule has 1 aromatic carbocycles. The van der Waals surface area contributed by atoms with Gasteiger partial charge < -0.3 is 10.4 Å². The van der Waals surface area contributed by atoms with E-state index in [1.54, 1.807) is 24.3 Å². The summed E-state index contributed by atoms with van der Waals surface area (Å²) in [5.41, 5.74) is -0.0146. The van der Waals surface area contributed by atoms with Crippen molar-refractivity contribution in [3.8, 4) is 0 Å². The van der Waals surface area contributed by atoms with Crippen LogP contribution in [0.3, 0.4) is 0 Å². The molecular formula is C17H23N3O3. The second kappa shape index (κ2) is 6.91. The molecule has 0 spiro atoms.